The van der Waals surface area contributed by atoms with Crippen molar-refractivity contribution in [3.05, 3.63) is 53.3 Å². The van der Waals surface area contributed by atoms with Crippen LogP contribution in [0.4, 0.5) is 0 Å². The van der Waals surface area contributed by atoms with Crippen LogP contribution < -0.4 is 0 Å². The van der Waals surface area contributed by atoms with E-state index < -0.39 is 0 Å². The van der Waals surface area contributed by atoms with E-state index >= 15 is 0 Å². The Hall–Kier alpha value is -2.14. The minimum atomic E-state index is 0.244. The van der Waals surface area contributed by atoms with E-state index in [0.717, 1.165) is 44.7 Å². The maximum Gasteiger partial charge on any atom is 0.223 e. The van der Waals surface area contributed by atoms with Gasteiger partial charge in [0, 0.05) is 25.7 Å². The third-order valence-electron chi connectivity index (χ3n) is 6.20. The van der Waals surface area contributed by atoms with Crippen LogP contribution in [0.1, 0.15) is 43.1 Å². The molecule has 2 aliphatic rings. The summed E-state index contributed by atoms with van der Waals surface area (Å²) in [5, 5.41) is 4.54. The molecule has 1 aromatic carbocycles. The van der Waals surface area contributed by atoms with E-state index in [-0.39, 0.29) is 6.04 Å². The Bertz CT molecular complexity index is 770. The Labute approximate surface area is 162 Å². The highest BCUT2D eigenvalue weighted by Gasteiger charge is 2.31. The predicted molar refractivity (Wildman–Crippen MR) is 106 cm³/mol. The number of carbonyl (C=O) groups excluding carboxylic acids is 1. The highest BCUT2D eigenvalue weighted by Crippen LogP contribution is 2.30. The molecule has 1 amide bonds. The predicted octanol–water partition coefficient (Wildman–Crippen LogP) is 2.91. The first-order chi connectivity index (χ1) is 13.2. The lowest BCUT2D eigenvalue weighted by Gasteiger charge is -2.36. The lowest BCUT2D eigenvalue weighted by atomic mass is 10.0. The molecule has 1 aromatic heterocycles. The van der Waals surface area contributed by atoms with Crippen molar-refractivity contribution in [2.45, 2.75) is 45.7 Å². The van der Waals surface area contributed by atoms with Gasteiger partial charge < -0.3 is 9.80 Å². The second-order valence-corrected chi connectivity index (χ2v) is 7.93. The van der Waals surface area contributed by atoms with Crippen molar-refractivity contribution in [2.24, 2.45) is 5.92 Å². The van der Waals surface area contributed by atoms with E-state index in [0.29, 0.717) is 24.8 Å². The molecular formula is C22H30N4O. The van der Waals surface area contributed by atoms with Crippen LogP contribution in [0.25, 0.3) is 0 Å². The fourth-order valence-electron chi connectivity index (χ4n) is 4.66. The minimum absolute atomic E-state index is 0.244. The fourth-order valence-corrected chi connectivity index (χ4v) is 4.66. The van der Waals surface area contributed by atoms with E-state index in [1.54, 1.807) is 0 Å². The average Bonchev–Trinajstić information content (AvgIpc) is 3.31. The van der Waals surface area contributed by atoms with Crippen molar-refractivity contribution < 1.29 is 4.79 Å². The van der Waals surface area contributed by atoms with Crippen molar-refractivity contribution in [1.29, 1.82) is 0 Å². The molecule has 1 aliphatic carbocycles. The van der Waals surface area contributed by atoms with Gasteiger partial charge in [0.1, 0.15) is 0 Å². The van der Waals surface area contributed by atoms with Gasteiger partial charge in [-0.3, -0.25) is 9.48 Å². The standard InChI is InChI=1S/C22H30N4O/c1-3-24(4-2)14-21-16-25(15-20-9-10-23-26(20)21)22(27)13-17-11-18-7-5-6-8-19(18)12-17/h5-10,17,21H,3-4,11-16H2,1-2H3/t21-/m0/s1. The van der Waals surface area contributed by atoms with E-state index in [4.69, 9.17) is 0 Å². The van der Waals surface area contributed by atoms with Crippen LogP contribution in [0.5, 0.6) is 0 Å². The summed E-state index contributed by atoms with van der Waals surface area (Å²) in [7, 11) is 0. The molecule has 0 N–H and O–H groups in total. The van der Waals surface area contributed by atoms with Crippen LogP contribution in [-0.4, -0.2) is 51.7 Å². The SMILES string of the molecule is CCN(CC)C[C@H]1CN(C(=O)CC2Cc3ccccc3C2)Cc2ccnn21. The third-order valence-corrected chi connectivity index (χ3v) is 6.20. The second kappa shape index (κ2) is 7.85. The molecule has 4 rings (SSSR count). The zero-order valence-corrected chi connectivity index (χ0v) is 16.5. The van der Waals surface area contributed by atoms with Gasteiger partial charge in [0.25, 0.3) is 0 Å². The molecule has 5 nitrogen and oxygen atoms in total. The van der Waals surface area contributed by atoms with E-state index in [2.05, 4.69) is 63.8 Å². The van der Waals surface area contributed by atoms with Crippen molar-refractivity contribution in [1.82, 2.24) is 19.6 Å². The summed E-state index contributed by atoms with van der Waals surface area (Å²) >= 11 is 0. The van der Waals surface area contributed by atoms with Crippen LogP contribution in [-0.2, 0) is 24.2 Å². The molecule has 0 fully saturated rings. The molecule has 0 spiro atoms. The number of amides is 1. The van der Waals surface area contributed by atoms with Crippen LogP contribution in [0.3, 0.4) is 0 Å². The molecule has 0 saturated heterocycles. The summed E-state index contributed by atoms with van der Waals surface area (Å²) < 4.78 is 2.13. The Morgan fingerprint density at radius 1 is 1.15 bits per heavy atom. The van der Waals surface area contributed by atoms with Gasteiger partial charge in [-0.05, 0) is 49.0 Å². The van der Waals surface area contributed by atoms with Gasteiger partial charge >= 0.3 is 0 Å². The average molecular weight is 367 g/mol. The number of aromatic nitrogens is 2. The summed E-state index contributed by atoms with van der Waals surface area (Å²) in [6.07, 6.45) is 4.60. The van der Waals surface area contributed by atoms with Gasteiger partial charge in [-0.15, -0.1) is 0 Å². The monoisotopic (exact) mass is 366 g/mol. The summed E-state index contributed by atoms with van der Waals surface area (Å²) in [6.45, 7) is 8.83. The lowest BCUT2D eigenvalue weighted by molar-refractivity contribution is -0.134. The van der Waals surface area contributed by atoms with E-state index in [1.165, 1.54) is 11.1 Å². The van der Waals surface area contributed by atoms with Crippen LogP contribution in [0.2, 0.25) is 0 Å². The normalized spacial score (nSPS) is 19.4. The number of likely N-dealkylation sites (N-methyl/N-ethyl adjacent to an activating group) is 1. The largest absolute Gasteiger partial charge is 0.335 e. The maximum atomic E-state index is 13.1. The maximum absolute atomic E-state index is 13.1. The number of rotatable bonds is 6. The number of carbonyl (C=O) groups is 1. The smallest absolute Gasteiger partial charge is 0.223 e. The number of nitrogens with zero attached hydrogens (tertiary/aromatic N) is 4. The molecule has 0 bridgehead atoms. The van der Waals surface area contributed by atoms with Crippen molar-refractivity contribution in [3.63, 3.8) is 0 Å². The van der Waals surface area contributed by atoms with Gasteiger partial charge in [-0.1, -0.05) is 38.1 Å². The Kier molecular flexibility index (Phi) is 5.30. The molecular weight excluding hydrogens is 336 g/mol. The number of benzene rings is 1. The van der Waals surface area contributed by atoms with Crippen molar-refractivity contribution in [3.8, 4) is 0 Å². The first kappa shape index (κ1) is 18.2. The summed E-state index contributed by atoms with van der Waals surface area (Å²) in [5.41, 5.74) is 4.00. The number of hydrogen-bond acceptors (Lipinski definition) is 3. The molecule has 0 unspecified atom stereocenters. The number of fused-ring (bicyclic) bond motifs is 2. The molecule has 2 aromatic rings. The highest BCUT2D eigenvalue weighted by atomic mass is 16.2. The zero-order chi connectivity index (χ0) is 18.8. The van der Waals surface area contributed by atoms with Gasteiger partial charge in [-0.2, -0.15) is 5.10 Å². The third kappa shape index (κ3) is 3.79. The first-order valence-electron chi connectivity index (χ1n) is 10.3. The Morgan fingerprint density at radius 2 is 1.85 bits per heavy atom. The quantitative estimate of drug-likeness (QED) is 0.789. The van der Waals surface area contributed by atoms with Gasteiger partial charge in [0.15, 0.2) is 0 Å². The topological polar surface area (TPSA) is 41.4 Å². The molecule has 144 valence electrons. The molecule has 27 heavy (non-hydrogen) atoms. The van der Waals surface area contributed by atoms with Crippen LogP contribution in [0, 0.1) is 5.92 Å². The molecule has 5 heteroatoms. The molecule has 1 aliphatic heterocycles. The first-order valence-corrected chi connectivity index (χ1v) is 10.3. The van der Waals surface area contributed by atoms with Gasteiger partial charge in [-0.25, -0.2) is 0 Å². The summed E-state index contributed by atoms with van der Waals surface area (Å²) in [4.78, 5) is 17.6. The van der Waals surface area contributed by atoms with Gasteiger partial charge in [0.05, 0.1) is 18.3 Å². The van der Waals surface area contributed by atoms with Crippen LogP contribution in [0.15, 0.2) is 36.5 Å². The van der Waals surface area contributed by atoms with E-state index in [9.17, 15) is 4.79 Å². The highest BCUT2D eigenvalue weighted by molar-refractivity contribution is 5.76. The summed E-state index contributed by atoms with van der Waals surface area (Å²) in [5.74, 6) is 0.743. The molecule has 0 radical (unpaired) electrons. The lowest BCUT2D eigenvalue weighted by Crippen LogP contribution is -2.45. The summed E-state index contributed by atoms with van der Waals surface area (Å²) in [6, 6.07) is 10.9. The molecule has 1 atom stereocenters. The van der Waals surface area contributed by atoms with Crippen molar-refractivity contribution >= 4 is 5.91 Å². The zero-order valence-electron chi connectivity index (χ0n) is 16.5. The van der Waals surface area contributed by atoms with E-state index in [1.807, 2.05) is 6.20 Å². The minimum Gasteiger partial charge on any atom is -0.335 e. The fraction of sp³-hybridized carbons (Fsp3) is 0.545. The van der Waals surface area contributed by atoms with Gasteiger partial charge in [0.2, 0.25) is 5.91 Å². The molecule has 2 heterocycles. The Balaban J connectivity index is 1.42. The van der Waals surface area contributed by atoms with Crippen molar-refractivity contribution in [2.75, 3.05) is 26.2 Å². The number of hydrogen-bond donors (Lipinski definition) is 0. The second-order valence-electron chi connectivity index (χ2n) is 7.93. The Morgan fingerprint density at radius 3 is 2.52 bits per heavy atom. The van der Waals surface area contributed by atoms with Crippen LogP contribution >= 0.6 is 0 Å². The molecule has 0 saturated carbocycles.